The van der Waals surface area contributed by atoms with Gasteiger partial charge in [0.15, 0.2) is 5.82 Å². The molecule has 134 valence electrons. The van der Waals surface area contributed by atoms with Gasteiger partial charge in [-0.05, 0) is 37.1 Å². The summed E-state index contributed by atoms with van der Waals surface area (Å²) in [7, 11) is 1.59. The average Bonchev–Trinajstić information content (AvgIpc) is 2.62. The van der Waals surface area contributed by atoms with Gasteiger partial charge in [0, 0.05) is 29.5 Å². The molecule has 0 radical (unpaired) electrons. The number of benzene rings is 1. The van der Waals surface area contributed by atoms with E-state index in [-0.39, 0.29) is 0 Å². The van der Waals surface area contributed by atoms with E-state index in [1.165, 1.54) is 6.42 Å². The highest BCUT2D eigenvalue weighted by Crippen LogP contribution is 2.31. The minimum atomic E-state index is -0.670. The Hall–Kier alpha value is -1.85. The van der Waals surface area contributed by atoms with Gasteiger partial charge in [0.2, 0.25) is 5.88 Å². The molecule has 1 aromatic carbocycles. The third kappa shape index (κ3) is 4.83. The standard InChI is InChI=1S/C19H24ClN3O2/c1-25-18-9-12-21-17(22-18)13-23(16-7-5-15(20)6-8-16)14-19(24)10-3-2-4-11-19/h5-9,12,24H,2-4,10-11,13-14H2,1H3. The molecule has 1 heterocycles. The van der Waals surface area contributed by atoms with Crippen LogP contribution in [0.3, 0.4) is 0 Å². The first-order valence-corrected chi connectivity index (χ1v) is 9.05. The van der Waals surface area contributed by atoms with Crippen LogP contribution in [0.5, 0.6) is 5.88 Å². The minimum absolute atomic E-state index is 0.501. The van der Waals surface area contributed by atoms with Gasteiger partial charge in [-0.3, -0.25) is 0 Å². The third-order valence-corrected chi connectivity index (χ3v) is 4.93. The van der Waals surface area contributed by atoms with Gasteiger partial charge in [-0.1, -0.05) is 30.9 Å². The second-order valence-electron chi connectivity index (χ2n) is 6.63. The van der Waals surface area contributed by atoms with E-state index in [1.54, 1.807) is 19.4 Å². The highest BCUT2D eigenvalue weighted by molar-refractivity contribution is 6.30. The number of methoxy groups -OCH3 is 1. The predicted octanol–water partition coefficient (Wildman–Crippen LogP) is 3.84. The molecule has 0 unspecified atom stereocenters. The van der Waals surface area contributed by atoms with Crippen LogP contribution in [-0.2, 0) is 6.54 Å². The van der Waals surface area contributed by atoms with E-state index in [9.17, 15) is 5.11 Å². The molecule has 5 nitrogen and oxygen atoms in total. The molecule has 1 aromatic heterocycles. The topological polar surface area (TPSA) is 58.5 Å². The van der Waals surface area contributed by atoms with Gasteiger partial charge in [-0.25, -0.2) is 4.98 Å². The SMILES string of the molecule is COc1ccnc(CN(CC2(O)CCCCC2)c2ccc(Cl)cc2)n1. The maximum atomic E-state index is 11.0. The summed E-state index contributed by atoms with van der Waals surface area (Å²) in [5.74, 6) is 1.20. The lowest BCUT2D eigenvalue weighted by atomic mass is 9.84. The Bertz CT molecular complexity index is 687. The van der Waals surface area contributed by atoms with Crippen molar-refractivity contribution in [2.75, 3.05) is 18.6 Å². The average molecular weight is 362 g/mol. The molecular weight excluding hydrogens is 338 g/mol. The van der Waals surface area contributed by atoms with Crippen molar-refractivity contribution in [3.8, 4) is 5.88 Å². The van der Waals surface area contributed by atoms with Gasteiger partial charge in [-0.15, -0.1) is 0 Å². The quantitative estimate of drug-likeness (QED) is 0.847. The van der Waals surface area contributed by atoms with E-state index in [2.05, 4.69) is 14.9 Å². The molecule has 25 heavy (non-hydrogen) atoms. The van der Waals surface area contributed by atoms with Crippen LogP contribution in [0, 0.1) is 0 Å². The number of hydrogen-bond acceptors (Lipinski definition) is 5. The zero-order valence-corrected chi connectivity index (χ0v) is 15.2. The van der Waals surface area contributed by atoms with Gasteiger partial charge in [0.05, 0.1) is 19.3 Å². The Labute approximate surface area is 153 Å². The number of rotatable bonds is 6. The molecule has 2 aromatic rings. The number of ether oxygens (including phenoxy) is 1. The van der Waals surface area contributed by atoms with E-state index >= 15 is 0 Å². The molecule has 0 amide bonds. The summed E-state index contributed by atoms with van der Waals surface area (Å²) < 4.78 is 5.19. The summed E-state index contributed by atoms with van der Waals surface area (Å²) in [6, 6.07) is 9.39. The van der Waals surface area contributed by atoms with Crippen LogP contribution in [0.25, 0.3) is 0 Å². The maximum Gasteiger partial charge on any atom is 0.216 e. The third-order valence-electron chi connectivity index (χ3n) is 4.68. The first-order valence-electron chi connectivity index (χ1n) is 8.67. The molecule has 1 aliphatic carbocycles. The molecule has 0 bridgehead atoms. The summed E-state index contributed by atoms with van der Waals surface area (Å²) in [6.45, 7) is 1.05. The summed E-state index contributed by atoms with van der Waals surface area (Å²) in [6.07, 6.45) is 6.69. The second kappa shape index (κ2) is 8.02. The van der Waals surface area contributed by atoms with Crippen LogP contribution >= 0.6 is 11.6 Å². The lowest BCUT2D eigenvalue weighted by molar-refractivity contribution is 0.0106. The normalized spacial score (nSPS) is 16.4. The van der Waals surface area contributed by atoms with Crippen molar-refractivity contribution in [3.63, 3.8) is 0 Å². The number of aromatic nitrogens is 2. The molecule has 0 aliphatic heterocycles. The number of halogens is 1. The van der Waals surface area contributed by atoms with Crippen LogP contribution in [-0.4, -0.2) is 34.3 Å². The maximum absolute atomic E-state index is 11.0. The highest BCUT2D eigenvalue weighted by Gasteiger charge is 2.31. The summed E-state index contributed by atoms with van der Waals surface area (Å²) in [4.78, 5) is 10.9. The second-order valence-corrected chi connectivity index (χ2v) is 7.07. The van der Waals surface area contributed by atoms with Crippen molar-refractivity contribution >= 4 is 17.3 Å². The molecule has 3 rings (SSSR count). The van der Waals surface area contributed by atoms with E-state index in [0.717, 1.165) is 31.4 Å². The van der Waals surface area contributed by atoms with Crippen molar-refractivity contribution in [2.24, 2.45) is 0 Å². The van der Waals surface area contributed by atoms with Crippen LogP contribution in [0.1, 0.15) is 37.9 Å². The first-order chi connectivity index (χ1) is 12.1. The molecule has 1 saturated carbocycles. The van der Waals surface area contributed by atoms with Crippen molar-refractivity contribution < 1.29 is 9.84 Å². The van der Waals surface area contributed by atoms with Crippen molar-refractivity contribution in [2.45, 2.75) is 44.2 Å². The molecule has 1 fully saturated rings. The molecule has 6 heteroatoms. The Kier molecular flexibility index (Phi) is 5.76. The largest absolute Gasteiger partial charge is 0.481 e. The van der Waals surface area contributed by atoms with Crippen molar-refractivity contribution in [1.82, 2.24) is 9.97 Å². The Morgan fingerprint density at radius 3 is 2.56 bits per heavy atom. The van der Waals surface area contributed by atoms with E-state index in [0.29, 0.717) is 29.8 Å². The number of aliphatic hydroxyl groups is 1. The van der Waals surface area contributed by atoms with Crippen molar-refractivity contribution in [3.05, 3.63) is 47.4 Å². The zero-order valence-electron chi connectivity index (χ0n) is 14.5. The molecule has 0 saturated heterocycles. The molecule has 0 spiro atoms. The Balaban J connectivity index is 1.84. The Morgan fingerprint density at radius 2 is 1.88 bits per heavy atom. The van der Waals surface area contributed by atoms with Crippen LogP contribution in [0.2, 0.25) is 5.02 Å². The molecule has 0 atom stereocenters. The van der Waals surface area contributed by atoms with E-state index < -0.39 is 5.60 Å². The fourth-order valence-corrected chi connectivity index (χ4v) is 3.48. The van der Waals surface area contributed by atoms with Crippen molar-refractivity contribution in [1.29, 1.82) is 0 Å². The van der Waals surface area contributed by atoms with Gasteiger partial charge in [0.25, 0.3) is 0 Å². The van der Waals surface area contributed by atoms with Gasteiger partial charge >= 0.3 is 0 Å². The van der Waals surface area contributed by atoms with Gasteiger partial charge in [-0.2, -0.15) is 4.98 Å². The molecule has 1 aliphatic rings. The van der Waals surface area contributed by atoms with Crippen LogP contribution in [0.15, 0.2) is 36.5 Å². The highest BCUT2D eigenvalue weighted by atomic mass is 35.5. The lowest BCUT2D eigenvalue weighted by Gasteiger charge is -2.37. The monoisotopic (exact) mass is 361 g/mol. The number of anilines is 1. The lowest BCUT2D eigenvalue weighted by Crippen LogP contribution is -2.44. The minimum Gasteiger partial charge on any atom is -0.481 e. The number of nitrogens with zero attached hydrogens (tertiary/aromatic N) is 3. The summed E-state index contributed by atoms with van der Waals surface area (Å²) in [5, 5.41) is 11.7. The molecule has 1 N–H and O–H groups in total. The first kappa shape index (κ1) is 18.0. The summed E-state index contributed by atoms with van der Waals surface area (Å²) >= 11 is 6.03. The van der Waals surface area contributed by atoms with Gasteiger partial charge < -0.3 is 14.7 Å². The van der Waals surface area contributed by atoms with Crippen LogP contribution in [0.4, 0.5) is 5.69 Å². The summed E-state index contributed by atoms with van der Waals surface area (Å²) in [5.41, 5.74) is 0.325. The smallest absolute Gasteiger partial charge is 0.216 e. The van der Waals surface area contributed by atoms with E-state index in [4.69, 9.17) is 16.3 Å². The molecular formula is C19H24ClN3O2. The number of hydrogen-bond donors (Lipinski definition) is 1. The van der Waals surface area contributed by atoms with E-state index in [1.807, 2.05) is 24.3 Å². The fraction of sp³-hybridized carbons (Fsp3) is 0.474. The van der Waals surface area contributed by atoms with Crippen LogP contribution < -0.4 is 9.64 Å². The van der Waals surface area contributed by atoms with Gasteiger partial charge in [0.1, 0.15) is 0 Å². The fourth-order valence-electron chi connectivity index (χ4n) is 3.35. The predicted molar refractivity (Wildman–Crippen MR) is 99.1 cm³/mol. The Morgan fingerprint density at radius 1 is 1.16 bits per heavy atom. The zero-order chi connectivity index (χ0) is 17.7.